The van der Waals surface area contributed by atoms with Crippen molar-refractivity contribution in [3.05, 3.63) is 51.1 Å². The molecule has 102 valence electrons. The highest BCUT2D eigenvalue weighted by Crippen LogP contribution is 2.25. The molecule has 4 nitrogen and oxygen atoms in total. The molecule has 0 fully saturated rings. The van der Waals surface area contributed by atoms with Crippen LogP contribution < -0.4 is 10.4 Å². The summed E-state index contributed by atoms with van der Waals surface area (Å²) >= 11 is 5.08. The van der Waals surface area contributed by atoms with E-state index in [9.17, 15) is 4.79 Å². The SMILES string of the molecule is CCC(Oc1cccc(Br)c1)SCc1c[nH]c(=O)[nH]1. The standard InChI is InChI=1S/C13H15BrN2O2S/c1-2-12(18-11-5-3-4-9(14)6-11)19-8-10-7-15-13(17)16-10/h3-7,12H,2,8H2,1H3,(H2,15,16,17). The number of aromatic amines is 2. The van der Waals surface area contributed by atoms with Gasteiger partial charge in [0.2, 0.25) is 0 Å². The average Bonchev–Trinajstić information content (AvgIpc) is 2.80. The molecule has 19 heavy (non-hydrogen) atoms. The van der Waals surface area contributed by atoms with Crippen molar-refractivity contribution in [2.75, 3.05) is 0 Å². The first-order chi connectivity index (χ1) is 9.17. The van der Waals surface area contributed by atoms with Gasteiger partial charge in [-0.1, -0.05) is 28.9 Å². The molecule has 0 aliphatic heterocycles. The van der Waals surface area contributed by atoms with Crippen LogP contribution in [0.3, 0.4) is 0 Å². The first-order valence-corrected chi connectivity index (χ1v) is 7.82. The second-order valence-electron chi connectivity index (χ2n) is 3.99. The van der Waals surface area contributed by atoms with E-state index in [1.807, 2.05) is 24.3 Å². The topological polar surface area (TPSA) is 57.9 Å². The van der Waals surface area contributed by atoms with Crippen LogP contribution in [0, 0.1) is 0 Å². The molecule has 0 spiro atoms. The van der Waals surface area contributed by atoms with Crippen LogP contribution in [0.15, 0.2) is 39.7 Å². The van der Waals surface area contributed by atoms with Gasteiger partial charge in [-0.15, -0.1) is 11.8 Å². The number of hydrogen-bond acceptors (Lipinski definition) is 3. The molecule has 2 aromatic rings. The van der Waals surface area contributed by atoms with Crippen molar-refractivity contribution in [2.45, 2.75) is 24.5 Å². The summed E-state index contributed by atoms with van der Waals surface area (Å²) in [5.74, 6) is 1.56. The predicted molar refractivity (Wildman–Crippen MR) is 81.6 cm³/mol. The molecule has 0 aliphatic carbocycles. The first kappa shape index (κ1) is 14.3. The number of benzene rings is 1. The Balaban J connectivity index is 1.91. The van der Waals surface area contributed by atoms with Crippen molar-refractivity contribution in [1.29, 1.82) is 0 Å². The van der Waals surface area contributed by atoms with E-state index in [1.165, 1.54) is 0 Å². The van der Waals surface area contributed by atoms with Crippen molar-refractivity contribution in [3.63, 3.8) is 0 Å². The Labute approximate surface area is 124 Å². The van der Waals surface area contributed by atoms with Crippen LogP contribution in [0.25, 0.3) is 0 Å². The van der Waals surface area contributed by atoms with Gasteiger partial charge >= 0.3 is 5.69 Å². The lowest BCUT2D eigenvalue weighted by atomic mass is 10.3. The predicted octanol–water partition coefficient (Wildman–Crippen LogP) is 3.51. The Kier molecular flexibility index (Phi) is 5.15. The molecule has 0 amide bonds. The number of rotatable bonds is 6. The number of ether oxygens (including phenoxy) is 1. The quantitative estimate of drug-likeness (QED) is 0.789. The number of H-pyrrole nitrogens is 2. The summed E-state index contributed by atoms with van der Waals surface area (Å²) in [6.45, 7) is 2.08. The van der Waals surface area contributed by atoms with Gasteiger partial charge in [-0.05, 0) is 24.6 Å². The molecule has 6 heteroatoms. The third kappa shape index (κ3) is 4.47. The Hall–Kier alpha value is -1.14. The fraction of sp³-hybridized carbons (Fsp3) is 0.308. The van der Waals surface area contributed by atoms with E-state index in [0.717, 1.165) is 22.3 Å². The second-order valence-corrected chi connectivity index (χ2v) is 6.06. The van der Waals surface area contributed by atoms with Crippen molar-refractivity contribution >= 4 is 27.7 Å². The van der Waals surface area contributed by atoms with Gasteiger partial charge in [-0.3, -0.25) is 0 Å². The monoisotopic (exact) mass is 342 g/mol. The van der Waals surface area contributed by atoms with Gasteiger partial charge in [0.05, 0.1) is 0 Å². The molecule has 2 N–H and O–H groups in total. The van der Waals surface area contributed by atoms with E-state index >= 15 is 0 Å². The van der Waals surface area contributed by atoms with Crippen molar-refractivity contribution < 1.29 is 4.74 Å². The molecule has 0 saturated carbocycles. The van der Waals surface area contributed by atoms with Gasteiger partial charge < -0.3 is 14.7 Å². The van der Waals surface area contributed by atoms with E-state index in [4.69, 9.17) is 4.74 Å². The molecular formula is C13H15BrN2O2S. The number of halogens is 1. The van der Waals surface area contributed by atoms with Gasteiger partial charge in [-0.2, -0.15) is 0 Å². The smallest absolute Gasteiger partial charge is 0.323 e. The molecule has 1 unspecified atom stereocenters. The highest BCUT2D eigenvalue weighted by atomic mass is 79.9. The Morgan fingerprint density at radius 1 is 1.47 bits per heavy atom. The van der Waals surface area contributed by atoms with E-state index in [0.29, 0.717) is 5.75 Å². The normalized spacial score (nSPS) is 12.3. The number of aromatic nitrogens is 2. The van der Waals surface area contributed by atoms with Crippen LogP contribution in [0.4, 0.5) is 0 Å². The second kappa shape index (κ2) is 6.86. The molecule has 1 heterocycles. The third-order valence-corrected chi connectivity index (χ3v) is 4.25. The maximum Gasteiger partial charge on any atom is 0.323 e. The molecule has 0 bridgehead atoms. The maximum atomic E-state index is 11.0. The van der Waals surface area contributed by atoms with E-state index in [-0.39, 0.29) is 11.1 Å². The minimum atomic E-state index is -0.170. The third-order valence-electron chi connectivity index (χ3n) is 2.47. The van der Waals surface area contributed by atoms with Crippen LogP contribution in [-0.2, 0) is 5.75 Å². The highest BCUT2D eigenvalue weighted by Gasteiger charge is 2.10. The highest BCUT2D eigenvalue weighted by molar-refractivity contribution is 9.10. The Morgan fingerprint density at radius 2 is 2.32 bits per heavy atom. The van der Waals surface area contributed by atoms with E-state index < -0.39 is 0 Å². The lowest BCUT2D eigenvalue weighted by molar-refractivity contribution is 0.283. The minimum absolute atomic E-state index is 0.0627. The first-order valence-electron chi connectivity index (χ1n) is 5.97. The molecule has 2 rings (SSSR count). The summed E-state index contributed by atoms with van der Waals surface area (Å²) in [5.41, 5.74) is 0.774. The summed E-state index contributed by atoms with van der Waals surface area (Å²) in [7, 11) is 0. The number of thioether (sulfide) groups is 1. The van der Waals surface area contributed by atoms with E-state index in [1.54, 1.807) is 18.0 Å². The van der Waals surface area contributed by atoms with Crippen LogP contribution in [-0.4, -0.2) is 15.4 Å². The lowest BCUT2D eigenvalue weighted by Gasteiger charge is -2.16. The Bertz CT molecular complexity index is 582. The van der Waals surface area contributed by atoms with Gasteiger partial charge in [0.1, 0.15) is 11.2 Å². The Morgan fingerprint density at radius 3 is 2.95 bits per heavy atom. The van der Waals surface area contributed by atoms with Gasteiger partial charge in [0.25, 0.3) is 0 Å². The van der Waals surface area contributed by atoms with Gasteiger partial charge in [0.15, 0.2) is 0 Å². The summed E-state index contributed by atoms with van der Waals surface area (Å²) in [4.78, 5) is 16.3. The largest absolute Gasteiger partial charge is 0.480 e. The van der Waals surface area contributed by atoms with Crippen molar-refractivity contribution in [2.24, 2.45) is 0 Å². The zero-order valence-corrected chi connectivity index (χ0v) is 12.9. The summed E-state index contributed by atoms with van der Waals surface area (Å²) in [6, 6.07) is 7.79. The number of imidazole rings is 1. The van der Waals surface area contributed by atoms with Gasteiger partial charge in [0, 0.05) is 22.1 Å². The van der Waals surface area contributed by atoms with Gasteiger partial charge in [-0.25, -0.2) is 4.79 Å². The zero-order valence-electron chi connectivity index (χ0n) is 10.5. The van der Waals surface area contributed by atoms with Crippen molar-refractivity contribution in [1.82, 2.24) is 9.97 Å². The summed E-state index contributed by atoms with van der Waals surface area (Å²) in [6.07, 6.45) is 2.59. The summed E-state index contributed by atoms with van der Waals surface area (Å²) in [5, 5.41) is 0. The molecular weight excluding hydrogens is 328 g/mol. The van der Waals surface area contributed by atoms with Crippen molar-refractivity contribution in [3.8, 4) is 5.75 Å². The molecule has 0 radical (unpaired) electrons. The molecule has 1 atom stereocenters. The average molecular weight is 343 g/mol. The zero-order chi connectivity index (χ0) is 13.7. The summed E-state index contributed by atoms with van der Waals surface area (Å²) < 4.78 is 6.90. The number of nitrogens with one attached hydrogen (secondary N) is 2. The van der Waals surface area contributed by atoms with Crippen LogP contribution in [0.1, 0.15) is 19.0 Å². The lowest BCUT2D eigenvalue weighted by Crippen LogP contribution is -2.11. The fourth-order valence-corrected chi connectivity index (χ4v) is 2.87. The van der Waals surface area contributed by atoms with Crippen LogP contribution in [0.2, 0.25) is 0 Å². The fourth-order valence-electron chi connectivity index (χ4n) is 1.56. The molecule has 0 aliphatic rings. The minimum Gasteiger partial charge on any atom is -0.480 e. The van der Waals surface area contributed by atoms with E-state index in [2.05, 4.69) is 32.8 Å². The molecule has 1 aromatic carbocycles. The number of hydrogen-bond donors (Lipinski definition) is 2. The van der Waals surface area contributed by atoms with Crippen LogP contribution in [0.5, 0.6) is 5.75 Å². The maximum absolute atomic E-state index is 11.0. The molecule has 0 saturated heterocycles. The molecule has 1 aromatic heterocycles. The van der Waals surface area contributed by atoms with Crippen LogP contribution >= 0.6 is 27.7 Å².